The highest BCUT2D eigenvalue weighted by Gasteiger charge is 2.36. The van der Waals surface area contributed by atoms with Crippen LogP contribution in [0.25, 0.3) is 0 Å². The number of benzene rings is 1. The van der Waals surface area contributed by atoms with Crippen molar-refractivity contribution < 1.29 is 19.0 Å². The number of guanidine groups is 1. The van der Waals surface area contributed by atoms with Crippen molar-refractivity contribution in [3.8, 4) is 11.5 Å². The van der Waals surface area contributed by atoms with E-state index < -0.39 is 0 Å². The second-order valence-electron chi connectivity index (χ2n) is 8.21. The standard InChI is InChI=1S/C22H32N4O4.HI/c1-3-20(27)26-9-6-17(13-26)25-21(23-2)24-14-22(7-10-28-11-8-22)16-4-5-18-19(12-16)30-15-29-18;/h4-5,12,17H,3,6-11,13-15H2,1-2H3,(H2,23,24,25);1H. The highest BCUT2D eigenvalue weighted by Crippen LogP contribution is 2.40. The molecule has 1 atom stereocenters. The zero-order chi connectivity index (χ0) is 21.0. The fourth-order valence-electron chi connectivity index (χ4n) is 4.53. The molecule has 0 saturated carbocycles. The van der Waals surface area contributed by atoms with Crippen molar-refractivity contribution in [3.63, 3.8) is 0 Å². The predicted molar refractivity (Wildman–Crippen MR) is 129 cm³/mol. The minimum Gasteiger partial charge on any atom is -0.454 e. The number of halogens is 1. The van der Waals surface area contributed by atoms with Crippen molar-refractivity contribution in [2.24, 2.45) is 4.99 Å². The quantitative estimate of drug-likeness (QED) is 0.336. The molecule has 0 radical (unpaired) electrons. The van der Waals surface area contributed by atoms with Crippen LogP contribution in [0.2, 0.25) is 0 Å². The van der Waals surface area contributed by atoms with Gasteiger partial charge in [0.15, 0.2) is 17.5 Å². The van der Waals surface area contributed by atoms with Gasteiger partial charge in [-0.2, -0.15) is 0 Å². The summed E-state index contributed by atoms with van der Waals surface area (Å²) in [4.78, 5) is 18.3. The lowest BCUT2D eigenvalue weighted by Gasteiger charge is -2.38. The van der Waals surface area contributed by atoms with Gasteiger partial charge in [0.1, 0.15) is 0 Å². The van der Waals surface area contributed by atoms with Gasteiger partial charge in [-0.1, -0.05) is 13.0 Å². The van der Waals surface area contributed by atoms with Crippen molar-refractivity contribution in [1.29, 1.82) is 0 Å². The fraction of sp³-hybridized carbons (Fsp3) is 0.636. The summed E-state index contributed by atoms with van der Waals surface area (Å²) in [5.74, 6) is 2.61. The van der Waals surface area contributed by atoms with E-state index in [0.29, 0.717) is 6.42 Å². The molecule has 3 heterocycles. The summed E-state index contributed by atoms with van der Waals surface area (Å²) in [6.07, 6.45) is 3.35. The number of hydrogen-bond acceptors (Lipinski definition) is 5. The SMILES string of the molecule is CCC(=O)N1CCC(NC(=NC)NCC2(c3ccc4c(c3)OCO4)CCOCC2)C1.I. The molecular formula is C22H33IN4O4. The number of hydrogen-bond donors (Lipinski definition) is 2. The van der Waals surface area contributed by atoms with Gasteiger partial charge in [-0.15, -0.1) is 24.0 Å². The highest BCUT2D eigenvalue weighted by molar-refractivity contribution is 14.0. The monoisotopic (exact) mass is 544 g/mol. The Bertz CT molecular complexity index is 798. The molecule has 3 aliphatic rings. The molecular weight excluding hydrogens is 511 g/mol. The maximum atomic E-state index is 11.9. The third-order valence-electron chi connectivity index (χ3n) is 6.44. The molecule has 1 unspecified atom stereocenters. The Hall–Kier alpha value is -1.75. The summed E-state index contributed by atoms with van der Waals surface area (Å²) < 4.78 is 16.7. The number of amides is 1. The summed E-state index contributed by atoms with van der Waals surface area (Å²) in [6, 6.07) is 6.47. The molecule has 172 valence electrons. The normalized spacial score (nSPS) is 22.1. The molecule has 2 fully saturated rings. The molecule has 1 aromatic rings. The number of ether oxygens (including phenoxy) is 3. The van der Waals surface area contributed by atoms with E-state index in [1.165, 1.54) is 5.56 Å². The van der Waals surface area contributed by atoms with Crippen LogP contribution in [0.15, 0.2) is 23.2 Å². The minimum atomic E-state index is -0.0588. The van der Waals surface area contributed by atoms with E-state index in [9.17, 15) is 4.79 Å². The zero-order valence-corrected chi connectivity index (χ0v) is 20.6. The molecule has 0 bridgehead atoms. The molecule has 8 nitrogen and oxygen atoms in total. The molecule has 31 heavy (non-hydrogen) atoms. The lowest BCUT2D eigenvalue weighted by molar-refractivity contribution is -0.129. The van der Waals surface area contributed by atoms with Gasteiger partial charge in [0, 0.05) is 57.8 Å². The Morgan fingerprint density at radius 3 is 2.77 bits per heavy atom. The Morgan fingerprint density at radius 2 is 2.03 bits per heavy atom. The van der Waals surface area contributed by atoms with Crippen LogP contribution < -0.4 is 20.1 Å². The van der Waals surface area contributed by atoms with Crippen molar-refractivity contribution in [1.82, 2.24) is 15.5 Å². The second-order valence-corrected chi connectivity index (χ2v) is 8.21. The number of fused-ring (bicyclic) bond motifs is 1. The number of aliphatic imine (C=N–C) groups is 1. The summed E-state index contributed by atoms with van der Waals surface area (Å²) in [6.45, 7) is 5.95. The van der Waals surface area contributed by atoms with Gasteiger partial charge in [0.2, 0.25) is 12.7 Å². The van der Waals surface area contributed by atoms with E-state index in [1.54, 1.807) is 7.05 Å². The first-order valence-corrected chi connectivity index (χ1v) is 10.9. The van der Waals surface area contributed by atoms with Gasteiger partial charge in [0.05, 0.1) is 0 Å². The molecule has 0 spiro atoms. The van der Waals surface area contributed by atoms with Gasteiger partial charge >= 0.3 is 0 Å². The molecule has 2 saturated heterocycles. The summed E-state index contributed by atoms with van der Waals surface area (Å²) in [5, 5.41) is 7.03. The largest absolute Gasteiger partial charge is 0.454 e. The van der Waals surface area contributed by atoms with Gasteiger partial charge in [-0.05, 0) is 37.0 Å². The minimum absolute atomic E-state index is 0. The number of nitrogens with one attached hydrogen (secondary N) is 2. The van der Waals surface area contributed by atoms with E-state index in [0.717, 1.165) is 69.6 Å². The van der Waals surface area contributed by atoms with Crippen molar-refractivity contribution in [3.05, 3.63) is 23.8 Å². The summed E-state index contributed by atoms with van der Waals surface area (Å²) >= 11 is 0. The molecule has 3 aliphatic heterocycles. The predicted octanol–water partition coefficient (Wildman–Crippen LogP) is 2.26. The van der Waals surface area contributed by atoms with Crippen LogP contribution in [0.1, 0.15) is 38.2 Å². The second kappa shape index (κ2) is 10.7. The molecule has 1 amide bonds. The maximum absolute atomic E-state index is 11.9. The van der Waals surface area contributed by atoms with E-state index >= 15 is 0 Å². The average Bonchev–Trinajstić information content (AvgIpc) is 3.45. The molecule has 4 rings (SSSR count). The van der Waals surface area contributed by atoms with Crippen LogP contribution in [0.5, 0.6) is 11.5 Å². The lowest BCUT2D eigenvalue weighted by atomic mass is 9.74. The van der Waals surface area contributed by atoms with Gasteiger partial charge < -0.3 is 29.7 Å². The van der Waals surface area contributed by atoms with Crippen molar-refractivity contribution in [2.75, 3.05) is 46.7 Å². The third-order valence-corrected chi connectivity index (χ3v) is 6.44. The van der Waals surface area contributed by atoms with Crippen LogP contribution >= 0.6 is 24.0 Å². The average molecular weight is 544 g/mol. The highest BCUT2D eigenvalue weighted by atomic mass is 127. The Labute approximate surface area is 201 Å². The van der Waals surface area contributed by atoms with Gasteiger partial charge in [-0.3, -0.25) is 9.79 Å². The first kappa shape index (κ1) is 23.9. The number of rotatable bonds is 5. The van der Waals surface area contributed by atoms with Crippen LogP contribution in [0, 0.1) is 0 Å². The molecule has 0 aromatic heterocycles. The van der Waals surface area contributed by atoms with E-state index in [1.807, 2.05) is 17.9 Å². The van der Waals surface area contributed by atoms with Crippen molar-refractivity contribution >= 4 is 35.8 Å². The Morgan fingerprint density at radius 1 is 1.26 bits per heavy atom. The number of nitrogens with zero attached hydrogens (tertiary/aromatic N) is 2. The van der Waals surface area contributed by atoms with Gasteiger partial charge in [0.25, 0.3) is 0 Å². The Kier molecular flexibility index (Phi) is 8.26. The smallest absolute Gasteiger partial charge is 0.231 e. The van der Waals surface area contributed by atoms with Crippen LogP contribution in [0.3, 0.4) is 0 Å². The maximum Gasteiger partial charge on any atom is 0.231 e. The van der Waals surface area contributed by atoms with E-state index in [4.69, 9.17) is 14.2 Å². The first-order valence-electron chi connectivity index (χ1n) is 10.9. The molecule has 2 N–H and O–H groups in total. The van der Waals surface area contributed by atoms with E-state index in [2.05, 4.69) is 27.8 Å². The third kappa shape index (κ3) is 5.36. The summed E-state index contributed by atoms with van der Waals surface area (Å²) in [5.41, 5.74) is 1.18. The first-order chi connectivity index (χ1) is 14.6. The topological polar surface area (TPSA) is 84.4 Å². The Balaban J connectivity index is 0.00000272. The van der Waals surface area contributed by atoms with Crippen LogP contribution in [-0.2, 0) is 14.9 Å². The molecule has 9 heteroatoms. The van der Waals surface area contributed by atoms with E-state index in [-0.39, 0.29) is 48.1 Å². The molecule has 0 aliphatic carbocycles. The van der Waals surface area contributed by atoms with Crippen LogP contribution in [0.4, 0.5) is 0 Å². The zero-order valence-electron chi connectivity index (χ0n) is 18.3. The fourth-order valence-corrected chi connectivity index (χ4v) is 4.53. The summed E-state index contributed by atoms with van der Waals surface area (Å²) in [7, 11) is 1.79. The number of carbonyl (C=O) groups excluding carboxylic acids is 1. The number of likely N-dealkylation sites (tertiary alicyclic amines) is 1. The number of carbonyl (C=O) groups is 1. The van der Waals surface area contributed by atoms with Crippen LogP contribution in [-0.4, -0.2) is 69.5 Å². The van der Waals surface area contributed by atoms with Crippen molar-refractivity contribution in [2.45, 2.75) is 44.1 Å². The molecule has 1 aromatic carbocycles. The lowest BCUT2D eigenvalue weighted by Crippen LogP contribution is -2.50. The van der Waals surface area contributed by atoms with Gasteiger partial charge in [-0.25, -0.2) is 0 Å².